The van der Waals surface area contributed by atoms with E-state index < -0.39 is 0 Å². The quantitative estimate of drug-likeness (QED) is 0.754. The van der Waals surface area contributed by atoms with Gasteiger partial charge in [0, 0.05) is 26.7 Å². The average molecular weight is 301 g/mol. The summed E-state index contributed by atoms with van der Waals surface area (Å²) in [6.45, 7) is 7.79. The van der Waals surface area contributed by atoms with Crippen LogP contribution in [0, 0.1) is 5.92 Å². The molecule has 5 nitrogen and oxygen atoms in total. The molecule has 20 heavy (non-hydrogen) atoms. The van der Waals surface area contributed by atoms with E-state index in [0.717, 1.165) is 35.3 Å². The van der Waals surface area contributed by atoms with Crippen LogP contribution in [0.4, 0.5) is 5.13 Å². The van der Waals surface area contributed by atoms with E-state index in [1.54, 1.807) is 18.4 Å². The maximum Gasteiger partial charge on any atom is 0.186 e. The molecule has 0 amide bonds. The fourth-order valence-electron chi connectivity index (χ4n) is 1.90. The second kappa shape index (κ2) is 8.56. The molecule has 0 aliphatic heterocycles. The Hall–Kier alpha value is -0.690. The molecule has 0 fully saturated rings. The highest BCUT2D eigenvalue weighted by Gasteiger charge is 2.17. The topological polar surface area (TPSA) is 48.8 Å². The number of aliphatic hydroxyl groups excluding tert-OH is 1. The molecule has 0 aliphatic carbocycles. The number of hydrogen-bond donors (Lipinski definition) is 1. The van der Waals surface area contributed by atoms with E-state index in [-0.39, 0.29) is 6.61 Å². The first-order valence-electron chi connectivity index (χ1n) is 6.96. The van der Waals surface area contributed by atoms with Gasteiger partial charge in [-0.05, 0) is 20.0 Å². The smallest absolute Gasteiger partial charge is 0.186 e. The molecular weight excluding hydrogens is 274 g/mol. The van der Waals surface area contributed by atoms with E-state index in [1.807, 2.05) is 0 Å². The molecule has 0 saturated carbocycles. The zero-order valence-electron chi connectivity index (χ0n) is 13.2. The summed E-state index contributed by atoms with van der Waals surface area (Å²) < 4.78 is 5.15. The summed E-state index contributed by atoms with van der Waals surface area (Å²) in [4.78, 5) is 10.0. The van der Waals surface area contributed by atoms with Crippen LogP contribution >= 0.6 is 11.3 Å². The highest BCUT2D eigenvalue weighted by atomic mass is 32.1. The van der Waals surface area contributed by atoms with Crippen molar-refractivity contribution in [2.75, 3.05) is 45.7 Å². The van der Waals surface area contributed by atoms with Crippen molar-refractivity contribution in [2.24, 2.45) is 5.92 Å². The fourth-order valence-corrected chi connectivity index (χ4v) is 2.86. The van der Waals surface area contributed by atoms with Crippen LogP contribution in [0.15, 0.2) is 0 Å². The van der Waals surface area contributed by atoms with Gasteiger partial charge in [0.1, 0.15) is 0 Å². The predicted molar refractivity (Wildman–Crippen MR) is 84.4 cm³/mol. The molecule has 0 radical (unpaired) electrons. The molecule has 0 saturated heterocycles. The molecular formula is C14H27N3O2S. The summed E-state index contributed by atoms with van der Waals surface area (Å²) in [5.41, 5.74) is 0.855. The first-order chi connectivity index (χ1) is 9.47. The minimum Gasteiger partial charge on any atom is -0.391 e. The normalized spacial score (nSPS) is 11.6. The molecule has 0 bridgehead atoms. The Balaban J connectivity index is 2.88. The summed E-state index contributed by atoms with van der Waals surface area (Å²) in [6, 6.07) is 0. The Kier molecular flexibility index (Phi) is 7.43. The number of rotatable bonds is 9. The summed E-state index contributed by atoms with van der Waals surface area (Å²) >= 11 is 1.57. The summed E-state index contributed by atoms with van der Waals surface area (Å²) in [5, 5.41) is 10.4. The van der Waals surface area contributed by atoms with Crippen molar-refractivity contribution < 1.29 is 9.84 Å². The second-order valence-electron chi connectivity index (χ2n) is 5.60. The van der Waals surface area contributed by atoms with E-state index in [9.17, 15) is 5.11 Å². The summed E-state index contributed by atoms with van der Waals surface area (Å²) in [7, 11) is 5.80. The Morgan fingerprint density at radius 2 is 2.00 bits per heavy atom. The van der Waals surface area contributed by atoms with Crippen molar-refractivity contribution in [3.63, 3.8) is 0 Å². The molecule has 1 rings (SSSR count). The average Bonchev–Trinajstić information content (AvgIpc) is 2.77. The number of thiazole rings is 1. The number of likely N-dealkylation sites (N-methyl/N-ethyl adjacent to an activating group) is 1. The first-order valence-corrected chi connectivity index (χ1v) is 7.77. The number of methoxy groups -OCH3 is 1. The molecule has 116 valence electrons. The molecule has 0 unspecified atom stereocenters. The van der Waals surface area contributed by atoms with Crippen LogP contribution in [-0.2, 0) is 18.0 Å². The second-order valence-corrected chi connectivity index (χ2v) is 6.66. The highest BCUT2D eigenvalue weighted by Crippen LogP contribution is 2.27. The number of hydrogen-bond acceptors (Lipinski definition) is 6. The van der Waals surface area contributed by atoms with Gasteiger partial charge >= 0.3 is 0 Å². The molecule has 6 heteroatoms. The van der Waals surface area contributed by atoms with Crippen molar-refractivity contribution in [1.82, 2.24) is 9.88 Å². The van der Waals surface area contributed by atoms with Crippen molar-refractivity contribution in [2.45, 2.75) is 27.1 Å². The molecule has 0 aromatic carbocycles. The van der Waals surface area contributed by atoms with Crippen molar-refractivity contribution in [1.29, 1.82) is 0 Å². The SMILES string of the molecule is COCc1nc(N(CCN(C)C)CC(C)C)sc1CO. The van der Waals surface area contributed by atoms with Gasteiger partial charge in [0.15, 0.2) is 5.13 Å². The predicted octanol–water partition coefficient (Wildman–Crippen LogP) is 1.81. The third kappa shape index (κ3) is 5.36. The molecule has 0 spiro atoms. The first kappa shape index (κ1) is 17.4. The van der Waals surface area contributed by atoms with Gasteiger partial charge in [-0.2, -0.15) is 0 Å². The van der Waals surface area contributed by atoms with Crippen LogP contribution in [0.5, 0.6) is 0 Å². The third-order valence-electron chi connectivity index (χ3n) is 2.86. The van der Waals surface area contributed by atoms with Crippen molar-refractivity contribution >= 4 is 16.5 Å². The zero-order valence-corrected chi connectivity index (χ0v) is 14.0. The van der Waals surface area contributed by atoms with E-state index in [0.29, 0.717) is 12.5 Å². The van der Waals surface area contributed by atoms with E-state index in [4.69, 9.17) is 4.74 Å². The molecule has 1 aromatic heterocycles. The lowest BCUT2D eigenvalue weighted by molar-refractivity contribution is 0.179. The van der Waals surface area contributed by atoms with Gasteiger partial charge in [-0.1, -0.05) is 25.2 Å². The van der Waals surface area contributed by atoms with Gasteiger partial charge < -0.3 is 19.6 Å². The van der Waals surface area contributed by atoms with Crippen LogP contribution < -0.4 is 4.90 Å². The lowest BCUT2D eigenvalue weighted by Crippen LogP contribution is -2.34. The zero-order chi connectivity index (χ0) is 15.1. The van der Waals surface area contributed by atoms with E-state index in [2.05, 4.69) is 42.7 Å². The Bertz CT molecular complexity index is 394. The number of aromatic nitrogens is 1. The minimum atomic E-state index is 0.0273. The van der Waals surface area contributed by atoms with Crippen LogP contribution in [-0.4, -0.2) is 55.8 Å². The Morgan fingerprint density at radius 3 is 2.50 bits per heavy atom. The lowest BCUT2D eigenvalue weighted by atomic mass is 10.2. The van der Waals surface area contributed by atoms with Gasteiger partial charge in [-0.15, -0.1) is 0 Å². The van der Waals surface area contributed by atoms with E-state index >= 15 is 0 Å². The van der Waals surface area contributed by atoms with Gasteiger partial charge in [-0.25, -0.2) is 4.98 Å². The molecule has 0 atom stereocenters. The molecule has 0 aliphatic rings. The van der Waals surface area contributed by atoms with Gasteiger partial charge in [0.2, 0.25) is 0 Å². The Labute approximate surface area is 126 Å². The van der Waals surface area contributed by atoms with Crippen LogP contribution in [0.1, 0.15) is 24.4 Å². The van der Waals surface area contributed by atoms with Crippen LogP contribution in [0.25, 0.3) is 0 Å². The monoisotopic (exact) mass is 301 g/mol. The molecule has 1 heterocycles. The number of nitrogens with zero attached hydrogens (tertiary/aromatic N) is 3. The van der Waals surface area contributed by atoms with Crippen LogP contribution in [0.2, 0.25) is 0 Å². The summed E-state index contributed by atoms with van der Waals surface area (Å²) in [5.74, 6) is 0.574. The standard InChI is InChI=1S/C14H27N3O2S/c1-11(2)8-17(7-6-16(3)4)14-15-12(10-19-5)13(9-18)20-14/h11,18H,6-10H2,1-5H3. The third-order valence-corrected chi connectivity index (χ3v) is 4.01. The van der Waals surface area contributed by atoms with Crippen LogP contribution in [0.3, 0.4) is 0 Å². The number of ether oxygens (including phenoxy) is 1. The number of aliphatic hydroxyl groups is 1. The summed E-state index contributed by atoms with van der Waals surface area (Å²) in [6.07, 6.45) is 0. The molecule has 1 N–H and O–H groups in total. The molecule has 1 aromatic rings. The minimum absolute atomic E-state index is 0.0273. The van der Waals surface area contributed by atoms with Gasteiger partial charge in [0.05, 0.1) is 23.8 Å². The maximum absolute atomic E-state index is 9.43. The lowest BCUT2D eigenvalue weighted by Gasteiger charge is -2.25. The highest BCUT2D eigenvalue weighted by molar-refractivity contribution is 7.15. The van der Waals surface area contributed by atoms with E-state index in [1.165, 1.54) is 0 Å². The maximum atomic E-state index is 9.43. The van der Waals surface area contributed by atoms with Gasteiger partial charge in [-0.3, -0.25) is 0 Å². The van der Waals surface area contributed by atoms with Crippen molar-refractivity contribution in [3.05, 3.63) is 10.6 Å². The Morgan fingerprint density at radius 1 is 1.30 bits per heavy atom. The fraction of sp³-hybridized carbons (Fsp3) is 0.786. The van der Waals surface area contributed by atoms with Gasteiger partial charge in [0.25, 0.3) is 0 Å². The number of anilines is 1. The van der Waals surface area contributed by atoms with Crippen molar-refractivity contribution in [3.8, 4) is 0 Å². The largest absolute Gasteiger partial charge is 0.391 e.